The molecule has 3 heterocycles. The molecule has 8 nitrogen and oxygen atoms in total. The molecule has 0 fully saturated rings. The summed E-state index contributed by atoms with van der Waals surface area (Å²) in [5, 5.41) is 1.04. The molecule has 4 aromatic rings. The molecule has 0 saturated heterocycles. The zero-order valence-electron chi connectivity index (χ0n) is 23.0. The number of nitrogens with one attached hydrogen (secondary N) is 1. The number of H-pyrrole nitrogens is 1. The highest BCUT2D eigenvalue weighted by Crippen LogP contribution is 2.38. The predicted molar refractivity (Wildman–Crippen MR) is 154 cm³/mol. The number of likely N-dealkylation sites (N-methyl/N-ethyl adjacent to an activating group) is 1. The van der Waals surface area contributed by atoms with E-state index in [4.69, 9.17) is 14.5 Å². The molecule has 39 heavy (non-hydrogen) atoms. The second-order valence-corrected chi connectivity index (χ2v) is 10.4. The highest BCUT2D eigenvalue weighted by Gasteiger charge is 2.36. The number of hydrogen-bond donors (Lipinski definition) is 1. The lowest BCUT2D eigenvalue weighted by molar-refractivity contribution is -0.127. The van der Waals surface area contributed by atoms with Crippen LogP contribution in [0.1, 0.15) is 43.6 Å². The number of nitrogens with zero attached hydrogens (tertiary/aromatic N) is 3. The van der Waals surface area contributed by atoms with Crippen LogP contribution in [-0.2, 0) is 4.79 Å². The van der Waals surface area contributed by atoms with Crippen LogP contribution >= 0.6 is 11.3 Å². The predicted octanol–water partition coefficient (Wildman–Crippen LogP) is 3.91. The van der Waals surface area contributed by atoms with Crippen LogP contribution in [0.4, 0.5) is 0 Å². The first-order valence-electron chi connectivity index (χ1n) is 12.9. The molecule has 0 unspecified atom stereocenters. The van der Waals surface area contributed by atoms with Gasteiger partial charge in [-0.05, 0) is 58.0 Å². The Balaban J connectivity index is 1.81. The van der Waals surface area contributed by atoms with Gasteiger partial charge in [-0.25, -0.2) is 4.99 Å². The van der Waals surface area contributed by atoms with Crippen molar-refractivity contribution in [3.63, 3.8) is 0 Å². The summed E-state index contributed by atoms with van der Waals surface area (Å²) in [7, 11) is 3.17. The van der Waals surface area contributed by atoms with Gasteiger partial charge in [0.1, 0.15) is 17.5 Å². The van der Waals surface area contributed by atoms with Gasteiger partial charge in [0, 0.05) is 40.8 Å². The smallest absolute Gasteiger partial charge is 0.271 e. The molecule has 202 valence electrons. The Morgan fingerprint density at radius 3 is 2.56 bits per heavy atom. The molecule has 1 atom stereocenters. The quantitative estimate of drug-likeness (QED) is 0.382. The average molecular weight is 545 g/mol. The minimum Gasteiger partial charge on any atom is -0.497 e. The number of aromatic nitrogens is 2. The molecule has 9 heteroatoms. The fourth-order valence-corrected chi connectivity index (χ4v) is 6.27. The number of fused-ring (bicyclic) bond motifs is 2. The lowest BCUT2D eigenvalue weighted by Crippen LogP contribution is -2.43. The molecule has 0 bridgehead atoms. The van der Waals surface area contributed by atoms with Gasteiger partial charge in [0.05, 0.1) is 30.0 Å². The maximum atomic E-state index is 14.2. The number of allylic oxidation sites excluding steroid dienone is 1. The van der Waals surface area contributed by atoms with Gasteiger partial charge in [0.25, 0.3) is 11.5 Å². The van der Waals surface area contributed by atoms with E-state index in [0.717, 1.165) is 22.2 Å². The van der Waals surface area contributed by atoms with Crippen LogP contribution in [0.5, 0.6) is 11.5 Å². The summed E-state index contributed by atoms with van der Waals surface area (Å²) in [4.78, 5) is 38.5. The molecule has 2 aromatic heterocycles. The van der Waals surface area contributed by atoms with Crippen molar-refractivity contribution in [3.05, 3.63) is 90.2 Å². The fourth-order valence-electron chi connectivity index (χ4n) is 5.24. The van der Waals surface area contributed by atoms with E-state index in [1.54, 1.807) is 35.8 Å². The van der Waals surface area contributed by atoms with Crippen LogP contribution in [0, 0.1) is 6.92 Å². The molecule has 0 spiro atoms. The molecule has 0 saturated carbocycles. The number of ether oxygens (including phenoxy) is 2. The summed E-state index contributed by atoms with van der Waals surface area (Å²) in [6, 6.07) is 12.7. The maximum Gasteiger partial charge on any atom is 0.271 e. The van der Waals surface area contributed by atoms with Gasteiger partial charge in [0.2, 0.25) is 0 Å². The van der Waals surface area contributed by atoms with Crippen LogP contribution < -0.4 is 24.4 Å². The second-order valence-electron chi connectivity index (χ2n) is 9.38. The Morgan fingerprint density at radius 1 is 1.13 bits per heavy atom. The summed E-state index contributed by atoms with van der Waals surface area (Å²) in [5.74, 6) is 1.01. The van der Waals surface area contributed by atoms with Crippen molar-refractivity contribution in [2.75, 3.05) is 27.3 Å². The van der Waals surface area contributed by atoms with Crippen LogP contribution in [-0.4, -0.2) is 47.7 Å². The summed E-state index contributed by atoms with van der Waals surface area (Å²) in [6.07, 6.45) is 1.92. The number of carbonyl (C=O) groups excluding carboxylic acids is 1. The highest BCUT2D eigenvalue weighted by atomic mass is 32.1. The first-order chi connectivity index (χ1) is 18.8. The normalized spacial score (nSPS) is 15.3. The van der Waals surface area contributed by atoms with Gasteiger partial charge in [-0.1, -0.05) is 29.5 Å². The van der Waals surface area contributed by atoms with Gasteiger partial charge in [0.15, 0.2) is 4.80 Å². The van der Waals surface area contributed by atoms with Gasteiger partial charge < -0.3 is 19.4 Å². The van der Waals surface area contributed by atoms with E-state index in [0.29, 0.717) is 50.8 Å². The molecule has 1 aliphatic heterocycles. The number of carbonyl (C=O) groups is 1. The molecule has 0 radical (unpaired) electrons. The monoisotopic (exact) mass is 544 g/mol. The molecule has 1 amide bonds. The molecular weight excluding hydrogens is 512 g/mol. The van der Waals surface area contributed by atoms with Crippen molar-refractivity contribution < 1.29 is 14.3 Å². The van der Waals surface area contributed by atoms with E-state index in [1.807, 2.05) is 64.1 Å². The Bertz CT molecular complexity index is 1790. The van der Waals surface area contributed by atoms with E-state index in [-0.39, 0.29) is 11.5 Å². The number of rotatable bonds is 7. The summed E-state index contributed by atoms with van der Waals surface area (Å²) in [5.41, 5.74) is 4.43. The fraction of sp³-hybridized carbons (Fsp3) is 0.300. The number of hydrogen-bond acceptors (Lipinski definition) is 6. The number of para-hydroxylation sites is 1. The summed E-state index contributed by atoms with van der Waals surface area (Å²) < 4.78 is 13.4. The first-order valence-corrected chi connectivity index (χ1v) is 13.8. The maximum absolute atomic E-state index is 14.2. The van der Waals surface area contributed by atoms with E-state index >= 15 is 0 Å². The van der Waals surface area contributed by atoms with Crippen molar-refractivity contribution >= 4 is 34.2 Å². The Kier molecular flexibility index (Phi) is 7.18. The highest BCUT2D eigenvalue weighted by molar-refractivity contribution is 7.07. The largest absolute Gasteiger partial charge is 0.497 e. The van der Waals surface area contributed by atoms with E-state index in [9.17, 15) is 9.59 Å². The number of thiazole rings is 1. The van der Waals surface area contributed by atoms with Gasteiger partial charge in [-0.2, -0.15) is 0 Å². The Hall–Kier alpha value is -4.11. The molecule has 1 aliphatic rings. The minimum absolute atomic E-state index is 0.155. The number of aromatic amines is 1. The third kappa shape index (κ3) is 4.46. The Morgan fingerprint density at radius 2 is 1.87 bits per heavy atom. The number of benzene rings is 2. The van der Waals surface area contributed by atoms with Crippen molar-refractivity contribution in [3.8, 4) is 11.5 Å². The average Bonchev–Trinajstić information content (AvgIpc) is 3.43. The van der Waals surface area contributed by atoms with Crippen molar-refractivity contribution in [2.45, 2.75) is 33.7 Å². The summed E-state index contributed by atoms with van der Waals surface area (Å²) in [6.45, 7) is 8.79. The standard InChI is InChI=1S/C30H32N4O4S/c1-7-33(8-2)29(36)26-18(4)32-30-34(27(26)22-15-19(37-5)13-14-24(22)38-6)28(35)25(39-30)16-21-17(3)31-23-12-10-9-11-20(21)23/h9-16,27,31H,7-8H2,1-6H3/b25-16+/t27-/m1/s1. The van der Waals surface area contributed by atoms with Crippen molar-refractivity contribution in [1.29, 1.82) is 0 Å². The van der Waals surface area contributed by atoms with Crippen LogP contribution in [0.25, 0.3) is 17.0 Å². The Labute approximate surface area is 230 Å². The van der Waals surface area contributed by atoms with E-state index in [1.165, 1.54) is 11.3 Å². The van der Waals surface area contributed by atoms with Crippen LogP contribution in [0.15, 0.2) is 63.5 Å². The topological polar surface area (TPSA) is 88.9 Å². The number of aryl methyl sites for hydroxylation is 1. The minimum atomic E-state index is -0.731. The molecule has 2 aromatic carbocycles. The van der Waals surface area contributed by atoms with Gasteiger partial charge in [-0.15, -0.1) is 0 Å². The number of amides is 1. The molecule has 1 N–H and O–H groups in total. The first kappa shape index (κ1) is 26.5. The SMILES string of the molecule is CCN(CC)C(=O)C1=C(C)N=c2s/c(=C/c3c(C)[nH]c4ccccc34)c(=O)n2[C@@H]1c1cc(OC)ccc1OC. The second kappa shape index (κ2) is 10.6. The third-order valence-corrected chi connectivity index (χ3v) is 8.24. The number of methoxy groups -OCH3 is 2. The third-order valence-electron chi connectivity index (χ3n) is 7.25. The van der Waals surface area contributed by atoms with Gasteiger partial charge in [-0.3, -0.25) is 14.2 Å². The van der Waals surface area contributed by atoms with E-state index < -0.39 is 6.04 Å². The van der Waals surface area contributed by atoms with Crippen molar-refractivity contribution in [1.82, 2.24) is 14.5 Å². The zero-order chi connectivity index (χ0) is 27.8. The van der Waals surface area contributed by atoms with Crippen LogP contribution in [0.3, 0.4) is 0 Å². The molecule has 0 aliphatic carbocycles. The van der Waals surface area contributed by atoms with E-state index in [2.05, 4.69) is 4.98 Å². The zero-order valence-corrected chi connectivity index (χ0v) is 23.8. The molecular formula is C30H32N4O4S. The van der Waals surface area contributed by atoms with Crippen molar-refractivity contribution in [2.24, 2.45) is 4.99 Å². The summed E-state index contributed by atoms with van der Waals surface area (Å²) >= 11 is 1.32. The molecule has 5 rings (SSSR count). The lowest BCUT2D eigenvalue weighted by Gasteiger charge is -2.30. The van der Waals surface area contributed by atoms with Crippen LogP contribution in [0.2, 0.25) is 0 Å². The van der Waals surface area contributed by atoms with Gasteiger partial charge >= 0.3 is 0 Å². The lowest BCUT2D eigenvalue weighted by atomic mass is 9.93.